The van der Waals surface area contributed by atoms with Crippen LogP contribution in [0.15, 0.2) is 12.3 Å². The van der Waals surface area contributed by atoms with Crippen LogP contribution in [0.1, 0.15) is 23.3 Å². The molecular formula is C14H22N4O. The monoisotopic (exact) mass is 262 g/mol. The van der Waals surface area contributed by atoms with Gasteiger partial charge in [0.25, 0.3) is 5.91 Å². The standard InChI is InChI=1S/C14H22N4O/c1-16-10-12(15)8-13(16)14(19)18-6-4-17(5-7-18)9-11-2-3-11/h8,10-11H,2-7,9,15H2,1H3. The van der Waals surface area contributed by atoms with E-state index in [9.17, 15) is 4.79 Å². The summed E-state index contributed by atoms with van der Waals surface area (Å²) in [6.07, 6.45) is 4.57. The van der Waals surface area contributed by atoms with Gasteiger partial charge in [-0.3, -0.25) is 9.69 Å². The molecule has 3 rings (SSSR count). The number of anilines is 1. The number of rotatable bonds is 3. The van der Waals surface area contributed by atoms with Crippen molar-refractivity contribution >= 4 is 11.6 Å². The summed E-state index contributed by atoms with van der Waals surface area (Å²) in [7, 11) is 1.87. The fourth-order valence-electron chi connectivity index (χ4n) is 2.76. The predicted molar refractivity (Wildman–Crippen MR) is 74.9 cm³/mol. The minimum atomic E-state index is 0.102. The maximum Gasteiger partial charge on any atom is 0.270 e. The van der Waals surface area contributed by atoms with E-state index in [0.717, 1.165) is 32.1 Å². The van der Waals surface area contributed by atoms with E-state index in [2.05, 4.69) is 4.90 Å². The van der Waals surface area contributed by atoms with Gasteiger partial charge in [-0.2, -0.15) is 0 Å². The second kappa shape index (κ2) is 4.89. The van der Waals surface area contributed by atoms with Gasteiger partial charge in [0.15, 0.2) is 0 Å². The Morgan fingerprint density at radius 2 is 2.00 bits per heavy atom. The zero-order valence-corrected chi connectivity index (χ0v) is 11.5. The van der Waals surface area contributed by atoms with Crippen molar-refractivity contribution in [3.63, 3.8) is 0 Å². The molecule has 1 amide bonds. The number of hydrogen-bond donors (Lipinski definition) is 1. The molecule has 1 aromatic rings. The number of nitrogens with zero attached hydrogens (tertiary/aromatic N) is 3. The average Bonchev–Trinajstić information content (AvgIpc) is 3.13. The van der Waals surface area contributed by atoms with Crippen LogP contribution < -0.4 is 5.73 Å². The smallest absolute Gasteiger partial charge is 0.270 e. The number of aryl methyl sites for hydroxylation is 1. The number of nitrogens with two attached hydrogens (primary N) is 1. The molecule has 5 heteroatoms. The van der Waals surface area contributed by atoms with E-state index in [1.165, 1.54) is 19.4 Å². The third-order valence-electron chi connectivity index (χ3n) is 4.12. The largest absolute Gasteiger partial charge is 0.397 e. The number of nitrogen functional groups attached to an aromatic ring is 1. The number of carbonyl (C=O) groups is 1. The number of aromatic nitrogens is 1. The molecule has 2 fully saturated rings. The molecule has 5 nitrogen and oxygen atoms in total. The van der Waals surface area contributed by atoms with Crippen LogP contribution in [0.4, 0.5) is 5.69 Å². The van der Waals surface area contributed by atoms with Gasteiger partial charge in [0.05, 0.1) is 5.69 Å². The van der Waals surface area contributed by atoms with Crippen LogP contribution in [0.3, 0.4) is 0 Å². The zero-order chi connectivity index (χ0) is 13.4. The molecule has 2 heterocycles. The highest BCUT2D eigenvalue weighted by Gasteiger charge is 2.28. The second-order valence-electron chi connectivity index (χ2n) is 5.81. The van der Waals surface area contributed by atoms with Crippen molar-refractivity contribution in [1.82, 2.24) is 14.4 Å². The van der Waals surface area contributed by atoms with E-state index < -0.39 is 0 Å². The lowest BCUT2D eigenvalue weighted by atomic mass is 10.2. The summed E-state index contributed by atoms with van der Waals surface area (Å²) >= 11 is 0. The van der Waals surface area contributed by atoms with E-state index in [4.69, 9.17) is 5.73 Å². The number of hydrogen-bond acceptors (Lipinski definition) is 3. The molecule has 0 aromatic carbocycles. The maximum absolute atomic E-state index is 12.4. The first-order valence-corrected chi connectivity index (χ1v) is 7.07. The van der Waals surface area contributed by atoms with Crippen molar-refractivity contribution in [1.29, 1.82) is 0 Å². The Morgan fingerprint density at radius 1 is 1.32 bits per heavy atom. The number of amides is 1. The van der Waals surface area contributed by atoms with E-state index in [-0.39, 0.29) is 5.91 Å². The van der Waals surface area contributed by atoms with Gasteiger partial charge in [-0.05, 0) is 24.8 Å². The molecule has 19 heavy (non-hydrogen) atoms. The molecule has 0 bridgehead atoms. The van der Waals surface area contributed by atoms with Crippen molar-refractivity contribution in [2.24, 2.45) is 13.0 Å². The van der Waals surface area contributed by atoms with Crippen molar-refractivity contribution < 1.29 is 4.79 Å². The molecule has 1 saturated heterocycles. The second-order valence-corrected chi connectivity index (χ2v) is 5.81. The van der Waals surface area contributed by atoms with Gasteiger partial charge < -0.3 is 15.2 Å². The summed E-state index contributed by atoms with van der Waals surface area (Å²) in [5.74, 6) is 1.03. The lowest BCUT2D eigenvalue weighted by Crippen LogP contribution is -2.49. The molecule has 1 aromatic heterocycles. The molecule has 0 spiro atoms. The summed E-state index contributed by atoms with van der Waals surface area (Å²) in [5, 5.41) is 0. The Balaban J connectivity index is 1.58. The number of piperazine rings is 1. The highest BCUT2D eigenvalue weighted by atomic mass is 16.2. The molecule has 0 atom stereocenters. The lowest BCUT2D eigenvalue weighted by Gasteiger charge is -2.34. The average molecular weight is 262 g/mol. The van der Waals surface area contributed by atoms with Gasteiger partial charge in [0.1, 0.15) is 5.69 Å². The van der Waals surface area contributed by atoms with Gasteiger partial charge >= 0.3 is 0 Å². The highest BCUT2D eigenvalue weighted by molar-refractivity contribution is 5.93. The molecule has 104 valence electrons. The van der Waals surface area contributed by atoms with E-state index in [1.54, 1.807) is 12.3 Å². The Labute approximate surface area is 114 Å². The van der Waals surface area contributed by atoms with Crippen molar-refractivity contribution in [3.8, 4) is 0 Å². The van der Waals surface area contributed by atoms with E-state index in [1.807, 2.05) is 16.5 Å². The predicted octanol–water partition coefficient (Wildman–Crippen LogP) is 0.775. The topological polar surface area (TPSA) is 54.5 Å². The fraction of sp³-hybridized carbons (Fsp3) is 0.643. The first-order chi connectivity index (χ1) is 9.13. The quantitative estimate of drug-likeness (QED) is 0.875. The van der Waals surface area contributed by atoms with Crippen LogP contribution in [-0.4, -0.2) is 53.0 Å². The molecule has 1 aliphatic heterocycles. The summed E-state index contributed by atoms with van der Waals surface area (Å²) in [6.45, 7) is 4.89. The van der Waals surface area contributed by atoms with Crippen LogP contribution in [0.2, 0.25) is 0 Å². The molecule has 2 N–H and O–H groups in total. The van der Waals surface area contributed by atoms with Gasteiger partial charge in [0, 0.05) is 46.0 Å². The summed E-state index contributed by atoms with van der Waals surface area (Å²) in [6, 6.07) is 1.76. The third kappa shape index (κ3) is 2.76. The minimum Gasteiger partial charge on any atom is -0.397 e. The Kier molecular flexibility index (Phi) is 3.22. The van der Waals surface area contributed by atoms with E-state index in [0.29, 0.717) is 11.4 Å². The zero-order valence-electron chi connectivity index (χ0n) is 11.5. The summed E-state index contributed by atoms with van der Waals surface area (Å²) in [4.78, 5) is 16.8. The minimum absolute atomic E-state index is 0.102. The van der Waals surface area contributed by atoms with Gasteiger partial charge in [-0.25, -0.2) is 0 Å². The van der Waals surface area contributed by atoms with Crippen molar-refractivity contribution in [2.45, 2.75) is 12.8 Å². The SMILES string of the molecule is Cn1cc(N)cc1C(=O)N1CCN(CC2CC2)CC1. The molecule has 0 unspecified atom stereocenters. The maximum atomic E-state index is 12.4. The summed E-state index contributed by atoms with van der Waals surface area (Å²) < 4.78 is 1.81. The van der Waals surface area contributed by atoms with Crippen molar-refractivity contribution in [3.05, 3.63) is 18.0 Å². The van der Waals surface area contributed by atoms with Crippen LogP contribution >= 0.6 is 0 Å². The van der Waals surface area contributed by atoms with Crippen LogP contribution in [0, 0.1) is 5.92 Å². The van der Waals surface area contributed by atoms with Crippen molar-refractivity contribution in [2.75, 3.05) is 38.5 Å². The van der Waals surface area contributed by atoms with Gasteiger partial charge in [-0.15, -0.1) is 0 Å². The lowest BCUT2D eigenvalue weighted by molar-refractivity contribution is 0.0623. The third-order valence-corrected chi connectivity index (χ3v) is 4.12. The first kappa shape index (κ1) is 12.5. The Bertz CT molecular complexity index is 470. The normalized spacial score (nSPS) is 20.8. The van der Waals surface area contributed by atoms with Crippen LogP contribution in [0.25, 0.3) is 0 Å². The molecular weight excluding hydrogens is 240 g/mol. The fourth-order valence-corrected chi connectivity index (χ4v) is 2.76. The van der Waals surface area contributed by atoms with Gasteiger partial charge in [0.2, 0.25) is 0 Å². The molecule has 1 saturated carbocycles. The highest BCUT2D eigenvalue weighted by Crippen LogP contribution is 2.30. The van der Waals surface area contributed by atoms with Crippen LogP contribution in [-0.2, 0) is 7.05 Å². The van der Waals surface area contributed by atoms with Gasteiger partial charge in [-0.1, -0.05) is 0 Å². The van der Waals surface area contributed by atoms with E-state index >= 15 is 0 Å². The first-order valence-electron chi connectivity index (χ1n) is 7.07. The Hall–Kier alpha value is -1.49. The Morgan fingerprint density at radius 3 is 2.53 bits per heavy atom. The van der Waals surface area contributed by atoms with Crippen LogP contribution in [0.5, 0.6) is 0 Å². The number of carbonyl (C=O) groups excluding carboxylic acids is 1. The molecule has 2 aliphatic rings. The molecule has 1 aliphatic carbocycles. The molecule has 0 radical (unpaired) electrons. The summed E-state index contributed by atoms with van der Waals surface area (Å²) in [5.41, 5.74) is 7.07.